The lowest BCUT2D eigenvalue weighted by Gasteiger charge is -2.04. The van der Waals surface area contributed by atoms with E-state index in [1.165, 1.54) is 4.68 Å². The van der Waals surface area contributed by atoms with Gasteiger partial charge in [-0.2, -0.15) is 14.6 Å². The Bertz CT molecular complexity index is 488. The topological polar surface area (TPSA) is 47.7 Å². The van der Waals surface area contributed by atoms with E-state index >= 15 is 0 Å². The molecule has 0 bridgehead atoms. The molecule has 2 aromatic heterocycles. The second-order valence-electron chi connectivity index (χ2n) is 3.83. The van der Waals surface area contributed by atoms with Gasteiger partial charge in [-0.1, -0.05) is 0 Å². The van der Waals surface area contributed by atoms with Gasteiger partial charge in [-0.05, 0) is 13.0 Å². The molecule has 0 unspecified atom stereocenters. The minimum absolute atomic E-state index is 0.259. The molecule has 5 nitrogen and oxygen atoms in total. The number of halogens is 1. The highest BCUT2D eigenvalue weighted by atomic mass is 19.1. The maximum absolute atomic E-state index is 13.6. The molecule has 0 spiro atoms. The van der Waals surface area contributed by atoms with E-state index in [-0.39, 0.29) is 5.95 Å². The van der Waals surface area contributed by atoms with Crippen LogP contribution >= 0.6 is 0 Å². The molecule has 0 atom stereocenters. The molecule has 92 valence electrons. The normalized spacial score (nSPS) is 11.0. The molecule has 2 heterocycles. The Morgan fingerprint density at radius 2 is 2.18 bits per heavy atom. The van der Waals surface area contributed by atoms with Crippen molar-refractivity contribution < 1.29 is 4.39 Å². The van der Waals surface area contributed by atoms with Gasteiger partial charge in [0.05, 0.1) is 11.9 Å². The standard InChI is InChI=1S/C11H16FN5/c1-3-17-11(12)9(7-15-17)6-13-8-10-4-5-14-16(10)2/h4-5,7,13H,3,6,8H2,1-2H3. The first-order valence-electron chi connectivity index (χ1n) is 5.60. The summed E-state index contributed by atoms with van der Waals surface area (Å²) < 4.78 is 16.8. The Morgan fingerprint density at radius 3 is 2.76 bits per heavy atom. The number of hydrogen-bond acceptors (Lipinski definition) is 3. The Kier molecular flexibility index (Phi) is 3.53. The van der Waals surface area contributed by atoms with Crippen molar-refractivity contribution in [2.75, 3.05) is 0 Å². The molecule has 0 amide bonds. The van der Waals surface area contributed by atoms with Crippen molar-refractivity contribution in [3.63, 3.8) is 0 Å². The van der Waals surface area contributed by atoms with E-state index in [1.54, 1.807) is 17.1 Å². The van der Waals surface area contributed by atoms with Crippen LogP contribution < -0.4 is 5.32 Å². The summed E-state index contributed by atoms with van der Waals surface area (Å²) in [6.07, 6.45) is 3.31. The Labute approximate surface area is 99.2 Å². The van der Waals surface area contributed by atoms with Gasteiger partial charge < -0.3 is 5.32 Å². The monoisotopic (exact) mass is 237 g/mol. The number of aryl methyl sites for hydroxylation is 2. The first-order chi connectivity index (χ1) is 8.22. The van der Waals surface area contributed by atoms with Crippen molar-refractivity contribution >= 4 is 0 Å². The van der Waals surface area contributed by atoms with Crippen LogP contribution in [0.3, 0.4) is 0 Å². The third kappa shape index (κ3) is 2.52. The van der Waals surface area contributed by atoms with Crippen LogP contribution in [0.5, 0.6) is 0 Å². The quantitative estimate of drug-likeness (QED) is 0.846. The maximum Gasteiger partial charge on any atom is 0.215 e. The Morgan fingerprint density at radius 1 is 1.35 bits per heavy atom. The molecule has 0 saturated carbocycles. The van der Waals surface area contributed by atoms with E-state index in [1.807, 2.05) is 20.0 Å². The third-order valence-corrected chi connectivity index (χ3v) is 2.69. The lowest BCUT2D eigenvalue weighted by atomic mass is 10.3. The lowest BCUT2D eigenvalue weighted by molar-refractivity contribution is 0.460. The average molecular weight is 237 g/mol. The van der Waals surface area contributed by atoms with Crippen molar-refractivity contribution in [2.24, 2.45) is 7.05 Å². The predicted molar refractivity (Wildman–Crippen MR) is 61.6 cm³/mol. The largest absolute Gasteiger partial charge is 0.307 e. The highest BCUT2D eigenvalue weighted by molar-refractivity contribution is 5.07. The lowest BCUT2D eigenvalue weighted by Crippen LogP contribution is -2.16. The van der Waals surface area contributed by atoms with E-state index in [0.29, 0.717) is 25.2 Å². The number of hydrogen-bond donors (Lipinski definition) is 1. The fraction of sp³-hybridized carbons (Fsp3) is 0.455. The summed E-state index contributed by atoms with van der Waals surface area (Å²) in [5.41, 5.74) is 1.65. The minimum Gasteiger partial charge on any atom is -0.307 e. The van der Waals surface area contributed by atoms with E-state index in [4.69, 9.17) is 0 Å². The number of aromatic nitrogens is 4. The molecule has 0 fully saturated rings. The molecule has 6 heteroatoms. The van der Waals surface area contributed by atoms with Crippen molar-refractivity contribution in [2.45, 2.75) is 26.6 Å². The van der Waals surface area contributed by atoms with Gasteiger partial charge >= 0.3 is 0 Å². The number of rotatable bonds is 5. The Balaban J connectivity index is 1.90. The fourth-order valence-electron chi connectivity index (χ4n) is 1.65. The van der Waals surface area contributed by atoms with Gasteiger partial charge in [0.25, 0.3) is 0 Å². The van der Waals surface area contributed by atoms with Gasteiger partial charge in [0.1, 0.15) is 0 Å². The smallest absolute Gasteiger partial charge is 0.215 e. The molecule has 0 aliphatic heterocycles. The first-order valence-corrected chi connectivity index (χ1v) is 5.60. The Hall–Kier alpha value is -1.69. The average Bonchev–Trinajstić information content (AvgIpc) is 2.87. The molecule has 0 saturated heterocycles. The van der Waals surface area contributed by atoms with Crippen LogP contribution in [0, 0.1) is 5.95 Å². The summed E-state index contributed by atoms with van der Waals surface area (Å²) in [7, 11) is 1.88. The summed E-state index contributed by atoms with van der Waals surface area (Å²) in [5.74, 6) is -0.259. The van der Waals surface area contributed by atoms with Crippen molar-refractivity contribution in [3.8, 4) is 0 Å². The third-order valence-electron chi connectivity index (χ3n) is 2.69. The van der Waals surface area contributed by atoms with E-state index in [9.17, 15) is 4.39 Å². The fourth-order valence-corrected chi connectivity index (χ4v) is 1.65. The van der Waals surface area contributed by atoms with Crippen LogP contribution in [-0.4, -0.2) is 19.6 Å². The maximum atomic E-state index is 13.6. The van der Waals surface area contributed by atoms with E-state index in [2.05, 4.69) is 15.5 Å². The van der Waals surface area contributed by atoms with Crippen LogP contribution in [0.2, 0.25) is 0 Å². The molecule has 2 rings (SSSR count). The molecule has 17 heavy (non-hydrogen) atoms. The summed E-state index contributed by atoms with van der Waals surface area (Å²) >= 11 is 0. The zero-order chi connectivity index (χ0) is 12.3. The summed E-state index contributed by atoms with van der Waals surface area (Å²) in [5, 5.41) is 11.2. The van der Waals surface area contributed by atoms with Gasteiger partial charge in [0.2, 0.25) is 5.95 Å². The molecule has 0 aliphatic rings. The van der Waals surface area contributed by atoms with Gasteiger partial charge in [0, 0.05) is 38.4 Å². The van der Waals surface area contributed by atoms with Crippen LogP contribution in [0.1, 0.15) is 18.2 Å². The van der Waals surface area contributed by atoms with E-state index in [0.717, 1.165) is 5.69 Å². The predicted octanol–water partition coefficient (Wildman–Crippen LogP) is 1.07. The molecule has 0 radical (unpaired) electrons. The molecule has 1 N–H and O–H groups in total. The summed E-state index contributed by atoms with van der Waals surface area (Å²) in [6, 6.07) is 1.93. The van der Waals surface area contributed by atoms with Gasteiger partial charge in [-0.15, -0.1) is 0 Å². The first kappa shape index (κ1) is 11.8. The molecular weight excluding hydrogens is 221 g/mol. The highest BCUT2D eigenvalue weighted by Gasteiger charge is 2.08. The van der Waals surface area contributed by atoms with Crippen LogP contribution in [0.25, 0.3) is 0 Å². The highest BCUT2D eigenvalue weighted by Crippen LogP contribution is 2.06. The van der Waals surface area contributed by atoms with Gasteiger partial charge in [0.15, 0.2) is 0 Å². The molecule has 2 aromatic rings. The van der Waals surface area contributed by atoms with E-state index < -0.39 is 0 Å². The van der Waals surface area contributed by atoms with Crippen LogP contribution in [0.4, 0.5) is 4.39 Å². The summed E-state index contributed by atoms with van der Waals surface area (Å²) in [6.45, 7) is 3.54. The molecule has 0 aliphatic carbocycles. The van der Waals surface area contributed by atoms with Crippen LogP contribution in [0.15, 0.2) is 18.5 Å². The SMILES string of the molecule is CCn1ncc(CNCc2ccnn2C)c1F. The van der Waals surface area contributed by atoms with Crippen molar-refractivity contribution in [3.05, 3.63) is 35.7 Å². The van der Waals surface area contributed by atoms with Crippen molar-refractivity contribution in [1.82, 2.24) is 24.9 Å². The zero-order valence-electron chi connectivity index (χ0n) is 10.0. The summed E-state index contributed by atoms with van der Waals surface area (Å²) in [4.78, 5) is 0. The zero-order valence-corrected chi connectivity index (χ0v) is 10.0. The molecule has 0 aromatic carbocycles. The van der Waals surface area contributed by atoms with Crippen LogP contribution in [-0.2, 0) is 26.7 Å². The second-order valence-corrected chi connectivity index (χ2v) is 3.83. The molecular formula is C11H16FN5. The number of nitrogens with zero attached hydrogens (tertiary/aromatic N) is 4. The van der Waals surface area contributed by atoms with Gasteiger partial charge in [-0.25, -0.2) is 4.68 Å². The van der Waals surface area contributed by atoms with Gasteiger partial charge in [-0.3, -0.25) is 4.68 Å². The van der Waals surface area contributed by atoms with Crippen molar-refractivity contribution in [1.29, 1.82) is 0 Å². The second kappa shape index (κ2) is 5.09. The number of nitrogens with one attached hydrogen (secondary N) is 1. The minimum atomic E-state index is -0.259.